The summed E-state index contributed by atoms with van der Waals surface area (Å²) in [6.45, 7) is 3.92. The summed E-state index contributed by atoms with van der Waals surface area (Å²) in [6.07, 6.45) is 7.24. The smallest absolute Gasteiger partial charge is 0.257 e. The summed E-state index contributed by atoms with van der Waals surface area (Å²) in [5, 5.41) is 7.58. The molecule has 7 heteroatoms. The summed E-state index contributed by atoms with van der Waals surface area (Å²) in [6, 6.07) is 15.2. The normalized spacial score (nSPS) is 14.1. The molecule has 0 saturated heterocycles. The van der Waals surface area contributed by atoms with E-state index in [4.69, 9.17) is 4.98 Å². The summed E-state index contributed by atoms with van der Waals surface area (Å²) < 4.78 is 0. The first-order valence-electron chi connectivity index (χ1n) is 12.0. The monoisotopic (exact) mass is 484 g/mol. The lowest BCUT2D eigenvalue weighted by atomic mass is 9.95. The molecule has 0 radical (unpaired) electrons. The van der Waals surface area contributed by atoms with Gasteiger partial charge in [0.1, 0.15) is 5.00 Å². The van der Waals surface area contributed by atoms with Gasteiger partial charge in [0.2, 0.25) is 0 Å². The molecule has 3 aromatic heterocycles. The Labute approximate surface area is 208 Å². The average molecular weight is 485 g/mol. The third kappa shape index (κ3) is 4.82. The van der Waals surface area contributed by atoms with Gasteiger partial charge in [0.05, 0.1) is 28.0 Å². The molecule has 5 rings (SSSR count). The molecular formula is C28H28N4O2S. The van der Waals surface area contributed by atoms with Crippen LogP contribution < -0.4 is 10.6 Å². The zero-order chi connectivity index (χ0) is 24.4. The van der Waals surface area contributed by atoms with Crippen LogP contribution in [0.15, 0.2) is 54.7 Å². The quantitative estimate of drug-likeness (QED) is 0.349. The van der Waals surface area contributed by atoms with Crippen LogP contribution in [0, 0.1) is 13.8 Å². The standard InChI is InChI=1S/C28H28N4O2S/c1-17-18(2)35-28(25(17)27(34)30-19-10-4-3-5-11-19)32-26(33)21-16-24(23-14-8-9-15-29-23)31-22-13-7-6-12-20(21)22/h6-9,12-16,19H,3-5,10-11H2,1-2H3,(H,30,34)(H,32,33). The number of carbonyl (C=O) groups is 2. The van der Waals surface area contributed by atoms with Crippen molar-refractivity contribution in [2.45, 2.75) is 52.0 Å². The minimum atomic E-state index is -0.270. The number of aromatic nitrogens is 2. The summed E-state index contributed by atoms with van der Waals surface area (Å²) in [4.78, 5) is 37.0. The Hall–Kier alpha value is -3.58. The van der Waals surface area contributed by atoms with Crippen molar-refractivity contribution in [3.8, 4) is 11.4 Å². The second-order valence-corrected chi connectivity index (χ2v) is 10.3. The summed E-state index contributed by atoms with van der Waals surface area (Å²) in [5.41, 5.74) is 4.02. The Morgan fingerprint density at radius 1 is 0.943 bits per heavy atom. The van der Waals surface area contributed by atoms with Crippen molar-refractivity contribution in [2.75, 3.05) is 5.32 Å². The second kappa shape index (κ2) is 9.96. The van der Waals surface area contributed by atoms with E-state index in [9.17, 15) is 9.59 Å². The molecular weight excluding hydrogens is 456 g/mol. The molecule has 35 heavy (non-hydrogen) atoms. The zero-order valence-corrected chi connectivity index (χ0v) is 20.7. The Bertz CT molecular complexity index is 1390. The van der Waals surface area contributed by atoms with Gasteiger partial charge < -0.3 is 10.6 Å². The number of aryl methyl sites for hydroxylation is 1. The maximum atomic E-state index is 13.6. The molecule has 178 valence electrons. The number of anilines is 1. The van der Waals surface area contributed by atoms with Gasteiger partial charge in [0.25, 0.3) is 11.8 Å². The second-order valence-electron chi connectivity index (χ2n) is 9.04. The van der Waals surface area contributed by atoms with Crippen LogP contribution in [0.1, 0.15) is 63.3 Å². The van der Waals surface area contributed by atoms with E-state index < -0.39 is 0 Å². The number of benzene rings is 1. The number of hydrogen-bond acceptors (Lipinski definition) is 5. The molecule has 0 atom stereocenters. The fraction of sp³-hybridized carbons (Fsp3) is 0.286. The highest BCUT2D eigenvalue weighted by Crippen LogP contribution is 2.34. The number of nitrogens with zero attached hydrogens (tertiary/aromatic N) is 2. The molecule has 3 heterocycles. The van der Waals surface area contributed by atoms with E-state index in [2.05, 4.69) is 15.6 Å². The lowest BCUT2D eigenvalue weighted by molar-refractivity contribution is 0.0928. The SMILES string of the molecule is Cc1sc(NC(=O)c2cc(-c3ccccn3)nc3ccccc23)c(C(=O)NC2CCCCC2)c1C. The highest BCUT2D eigenvalue weighted by Gasteiger charge is 2.25. The summed E-state index contributed by atoms with van der Waals surface area (Å²) >= 11 is 1.44. The van der Waals surface area contributed by atoms with Crippen LogP contribution in [-0.4, -0.2) is 27.8 Å². The van der Waals surface area contributed by atoms with E-state index >= 15 is 0 Å². The molecule has 4 aromatic rings. The lowest BCUT2D eigenvalue weighted by Gasteiger charge is -2.23. The number of carbonyl (C=O) groups excluding carboxylic acids is 2. The Balaban J connectivity index is 1.49. The van der Waals surface area contributed by atoms with Gasteiger partial charge in [-0.2, -0.15) is 0 Å². The molecule has 1 aromatic carbocycles. The number of rotatable bonds is 5. The number of pyridine rings is 2. The summed E-state index contributed by atoms with van der Waals surface area (Å²) in [5.74, 6) is -0.378. The van der Waals surface area contributed by atoms with Crippen molar-refractivity contribution in [1.82, 2.24) is 15.3 Å². The fourth-order valence-electron chi connectivity index (χ4n) is 4.67. The fourth-order valence-corrected chi connectivity index (χ4v) is 5.73. The van der Waals surface area contributed by atoms with Crippen molar-refractivity contribution in [2.24, 2.45) is 0 Å². The Morgan fingerprint density at radius 2 is 1.71 bits per heavy atom. The molecule has 1 saturated carbocycles. The van der Waals surface area contributed by atoms with Gasteiger partial charge in [-0.3, -0.25) is 14.6 Å². The third-order valence-electron chi connectivity index (χ3n) is 6.67. The van der Waals surface area contributed by atoms with E-state index in [1.165, 1.54) is 17.8 Å². The number of thiophene rings is 1. The minimum absolute atomic E-state index is 0.109. The van der Waals surface area contributed by atoms with Crippen LogP contribution in [-0.2, 0) is 0 Å². The number of hydrogen-bond donors (Lipinski definition) is 2. The van der Waals surface area contributed by atoms with Gasteiger partial charge >= 0.3 is 0 Å². The maximum absolute atomic E-state index is 13.6. The van der Waals surface area contributed by atoms with Gasteiger partial charge in [-0.15, -0.1) is 11.3 Å². The van der Waals surface area contributed by atoms with Crippen molar-refractivity contribution >= 4 is 39.1 Å². The minimum Gasteiger partial charge on any atom is -0.349 e. The molecule has 1 aliphatic carbocycles. The van der Waals surface area contributed by atoms with E-state index in [0.29, 0.717) is 27.5 Å². The van der Waals surface area contributed by atoms with Crippen LogP contribution >= 0.6 is 11.3 Å². The first-order valence-corrected chi connectivity index (χ1v) is 12.9. The molecule has 1 aliphatic rings. The van der Waals surface area contributed by atoms with Crippen LogP contribution in [0.2, 0.25) is 0 Å². The van der Waals surface area contributed by atoms with E-state index in [1.54, 1.807) is 12.3 Å². The molecule has 0 bridgehead atoms. The molecule has 2 N–H and O–H groups in total. The largest absolute Gasteiger partial charge is 0.349 e. The number of fused-ring (bicyclic) bond motifs is 1. The summed E-state index contributed by atoms with van der Waals surface area (Å²) in [7, 11) is 0. The molecule has 6 nitrogen and oxygen atoms in total. The number of para-hydroxylation sites is 1. The highest BCUT2D eigenvalue weighted by atomic mass is 32.1. The first-order chi connectivity index (χ1) is 17.0. The maximum Gasteiger partial charge on any atom is 0.257 e. The average Bonchev–Trinajstić information content (AvgIpc) is 3.16. The Kier molecular flexibility index (Phi) is 6.59. The third-order valence-corrected chi connectivity index (χ3v) is 7.79. The van der Waals surface area contributed by atoms with Crippen molar-refractivity contribution in [3.63, 3.8) is 0 Å². The first kappa shape index (κ1) is 23.2. The molecule has 0 unspecified atom stereocenters. The molecule has 2 amide bonds. The molecule has 0 spiro atoms. The van der Waals surface area contributed by atoms with Crippen molar-refractivity contribution in [1.29, 1.82) is 0 Å². The van der Waals surface area contributed by atoms with Gasteiger partial charge in [-0.1, -0.05) is 43.5 Å². The van der Waals surface area contributed by atoms with Crippen LogP contribution in [0.5, 0.6) is 0 Å². The van der Waals surface area contributed by atoms with E-state index in [0.717, 1.165) is 47.0 Å². The number of nitrogens with one attached hydrogen (secondary N) is 2. The predicted molar refractivity (Wildman–Crippen MR) is 141 cm³/mol. The van der Waals surface area contributed by atoms with Gasteiger partial charge in [-0.25, -0.2) is 4.98 Å². The molecule has 1 fully saturated rings. The topological polar surface area (TPSA) is 84.0 Å². The zero-order valence-electron chi connectivity index (χ0n) is 19.9. The molecule has 0 aliphatic heterocycles. The van der Waals surface area contributed by atoms with E-state index in [1.807, 2.05) is 56.3 Å². The van der Waals surface area contributed by atoms with Crippen LogP contribution in [0.3, 0.4) is 0 Å². The van der Waals surface area contributed by atoms with Crippen LogP contribution in [0.4, 0.5) is 5.00 Å². The lowest BCUT2D eigenvalue weighted by Crippen LogP contribution is -2.36. The van der Waals surface area contributed by atoms with E-state index in [-0.39, 0.29) is 17.9 Å². The Morgan fingerprint density at radius 3 is 2.49 bits per heavy atom. The van der Waals surface area contributed by atoms with Gasteiger partial charge in [-0.05, 0) is 56.5 Å². The predicted octanol–water partition coefficient (Wildman–Crippen LogP) is 6.29. The number of amides is 2. The van der Waals surface area contributed by atoms with Crippen molar-refractivity contribution < 1.29 is 9.59 Å². The van der Waals surface area contributed by atoms with Crippen LogP contribution in [0.25, 0.3) is 22.3 Å². The van der Waals surface area contributed by atoms with Gasteiger partial charge in [0.15, 0.2) is 0 Å². The van der Waals surface area contributed by atoms with Gasteiger partial charge in [0, 0.05) is 22.5 Å². The van der Waals surface area contributed by atoms with Crippen molar-refractivity contribution in [3.05, 3.63) is 76.3 Å². The highest BCUT2D eigenvalue weighted by molar-refractivity contribution is 7.16.